The molecule has 1 amide bonds. The lowest BCUT2D eigenvalue weighted by atomic mass is 10.0. The van der Waals surface area contributed by atoms with Crippen LogP contribution in [0.15, 0.2) is 4.52 Å². The molecule has 2 fully saturated rings. The SMILES string of the molecule is NCc1nc(CN2CCCN(C(=O)CC3CCCC3)CC2)no1. The zero-order valence-corrected chi connectivity index (χ0v) is 13.7. The number of hydrogen-bond acceptors (Lipinski definition) is 6. The van der Waals surface area contributed by atoms with Crippen molar-refractivity contribution < 1.29 is 9.32 Å². The zero-order chi connectivity index (χ0) is 16.1. The third-order valence-corrected chi connectivity index (χ3v) is 4.93. The normalized spacial score (nSPS) is 20.8. The van der Waals surface area contributed by atoms with E-state index in [1.54, 1.807) is 0 Å². The van der Waals surface area contributed by atoms with Crippen molar-refractivity contribution in [3.63, 3.8) is 0 Å². The van der Waals surface area contributed by atoms with Crippen LogP contribution in [0, 0.1) is 5.92 Å². The third-order valence-electron chi connectivity index (χ3n) is 4.93. The average Bonchev–Trinajstić information content (AvgIpc) is 3.16. The highest BCUT2D eigenvalue weighted by Gasteiger charge is 2.24. The van der Waals surface area contributed by atoms with Crippen molar-refractivity contribution in [2.75, 3.05) is 26.2 Å². The Morgan fingerprint density at radius 1 is 1.17 bits per heavy atom. The number of hydrogen-bond donors (Lipinski definition) is 1. The summed E-state index contributed by atoms with van der Waals surface area (Å²) >= 11 is 0. The molecule has 0 spiro atoms. The average molecular weight is 321 g/mol. The number of carbonyl (C=O) groups excluding carboxylic acids is 1. The predicted octanol–water partition coefficient (Wildman–Crippen LogP) is 1.14. The van der Waals surface area contributed by atoms with E-state index in [2.05, 4.69) is 15.0 Å². The molecule has 0 atom stereocenters. The number of rotatable bonds is 5. The summed E-state index contributed by atoms with van der Waals surface area (Å²) in [5.74, 6) is 2.11. The lowest BCUT2D eigenvalue weighted by Gasteiger charge is -2.22. The first-order valence-electron chi connectivity index (χ1n) is 8.76. The fraction of sp³-hybridized carbons (Fsp3) is 0.812. The Balaban J connectivity index is 1.47. The number of aromatic nitrogens is 2. The Bertz CT molecular complexity index is 512. The predicted molar refractivity (Wildman–Crippen MR) is 85.2 cm³/mol. The fourth-order valence-electron chi connectivity index (χ4n) is 3.61. The lowest BCUT2D eigenvalue weighted by Crippen LogP contribution is -2.35. The molecule has 0 bridgehead atoms. The summed E-state index contributed by atoms with van der Waals surface area (Å²) in [6.07, 6.45) is 6.78. The molecule has 7 nitrogen and oxygen atoms in total. The Labute approximate surface area is 137 Å². The molecular weight excluding hydrogens is 294 g/mol. The largest absolute Gasteiger partial charge is 0.341 e. The first-order chi connectivity index (χ1) is 11.2. The van der Waals surface area contributed by atoms with Crippen molar-refractivity contribution in [1.29, 1.82) is 0 Å². The molecule has 1 aromatic heterocycles. The van der Waals surface area contributed by atoms with Gasteiger partial charge < -0.3 is 15.2 Å². The topological polar surface area (TPSA) is 88.5 Å². The molecule has 1 saturated carbocycles. The van der Waals surface area contributed by atoms with Gasteiger partial charge in [0.2, 0.25) is 11.8 Å². The maximum Gasteiger partial charge on any atom is 0.240 e. The Morgan fingerprint density at radius 3 is 2.74 bits per heavy atom. The minimum Gasteiger partial charge on any atom is -0.341 e. The van der Waals surface area contributed by atoms with Gasteiger partial charge in [-0.2, -0.15) is 4.98 Å². The van der Waals surface area contributed by atoms with Gasteiger partial charge in [0.15, 0.2) is 5.82 Å². The molecule has 128 valence electrons. The van der Waals surface area contributed by atoms with Gasteiger partial charge in [-0.15, -0.1) is 0 Å². The number of nitrogens with two attached hydrogens (primary N) is 1. The van der Waals surface area contributed by atoms with Crippen LogP contribution < -0.4 is 5.73 Å². The monoisotopic (exact) mass is 321 g/mol. The third kappa shape index (κ3) is 4.51. The van der Waals surface area contributed by atoms with Crippen molar-refractivity contribution in [2.24, 2.45) is 11.7 Å². The van der Waals surface area contributed by atoms with Crippen molar-refractivity contribution in [2.45, 2.75) is 51.6 Å². The summed E-state index contributed by atoms with van der Waals surface area (Å²) in [6.45, 7) is 4.42. The van der Waals surface area contributed by atoms with Crippen molar-refractivity contribution in [3.05, 3.63) is 11.7 Å². The summed E-state index contributed by atoms with van der Waals surface area (Å²) in [5.41, 5.74) is 5.49. The first kappa shape index (κ1) is 16.4. The number of amides is 1. The van der Waals surface area contributed by atoms with Crippen LogP contribution in [0.3, 0.4) is 0 Å². The van der Waals surface area contributed by atoms with Gasteiger partial charge in [0.25, 0.3) is 0 Å². The second kappa shape index (κ2) is 7.88. The van der Waals surface area contributed by atoms with E-state index >= 15 is 0 Å². The molecule has 7 heteroatoms. The van der Waals surface area contributed by atoms with E-state index < -0.39 is 0 Å². The molecule has 1 aromatic rings. The van der Waals surface area contributed by atoms with Crippen LogP contribution in [0.2, 0.25) is 0 Å². The van der Waals surface area contributed by atoms with Crippen LogP contribution >= 0.6 is 0 Å². The molecule has 1 aliphatic heterocycles. The molecule has 1 saturated heterocycles. The molecule has 1 aliphatic carbocycles. The second-order valence-corrected chi connectivity index (χ2v) is 6.67. The molecular formula is C16H27N5O2. The van der Waals surface area contributed by atoms with Crippen LogP contribution in [-0.2, 0) is 17.9 Å². The first-order valence-corrected chi connectivity index (χ1v) is 8.76. The molecule has 23 heavy (non-hydrogen) atoms. The standard InChI is InChI=1S/C16H27N5O2/c17-11-15-18-14(19-23-15)12-20-6-3-7-21(9-8-20)16(22)10-13-4-1-2-5-13/h13H,1-12,17H2. The molecule has 0 aromatic carbocycles. The molecule has 0 radical (unpaired) electrons. The van der Waals surface area contributed by atoms with Crippen LogP contribution in [0.25, 0.3) is 0 Å². The Morgan fingerprint density at radius 2 is 2.00 bits per heavy atom. The highest BCUT2D eigenvalue weighted by molar-refractivity contribution is 5.76. The highest BCUT2D eigenvalue weighted by Crippen LogP contribution is 2.28. The zero-order valence-electron chi connectivity index (χ0n) is 13.7. The fourth-order valence-corrected chi connectivity index (χ4v) is 3.61. The number of carbonyl (C=O) groups is 1. The van der Waals surface area contributed by atoms with Gasteiger partial charge in [0.1, 0.15) is 0 Å². The minimum atomic E-state index is 0.274. The highest BCUT2D eigenvalue weighted by atomic mass is 16.5. The van der Waals surface area contributed by atoms with Gasteiger partial charge in [0.05, 0.1) is 13.1 Å². The quantitative estimate of drug-likeness (QED) is 0.875. The molecule has 2 N–H and O–H groups in total. The van der Waals surface area contributed by atoms with Gasteiger partial charge in [-0.1, -0.05) is 18.0 Å². The van der Waals surface area contributed by atoms with Gasteiger partial charge in [-0.05, 0) is 25.2 Å². The van der Waals surface area contributed by atoms with Crippen LogP contribution in [0.4, 0.5) is 0 Å². The van der Waals surface area contributed by atoms with E-state index in [1.165, 1.54) is 25.7 Å². The van der Waals surface area contributed by atoms with Gasteiger partial charge >= 0.3 is 0 Å². The summed E-state index contributed by atoms with van der Waals surface area (Å²) in [7, 11) is 0. The molecule has 2 aliphatic rings. The van der Waals surface area contributed by atoms with E-state index in [9.17, 15) is 4.79 Å². The van der Waals surface area contributed by atoms with Crippen LogP contribution in [0.1, 0.15) is 50.2 Å². The van der Waals surface area contributed by atoms with Crippen molar-refractivity contribution >= 4 is 5.91 Å². The summed E-state index contributed by atoms with van der Waals surface area (Å²) < 4.78 is 5.04. The van der Waals surface area contributed by atoms with Crippen molar-refractivity contribution in [3.8, 4) is 0 Å². The molecule has 3 rings (SSSR count). The van der Waals surface area contributed by atoms with E-state index in [1.807, 2.05) is 4.90 Å². The van der Waals surface area contributed by atoms with Gasteiger partial charge in [-0.25, -0.2) is 0 Å². The minimum absolute atomic E-state index is 0.274. The van der Waals surface area contributed by atoms with E-state index in [0.29, 0.717) is 30.1 Å². The van der Waals surface area contributed by atoms with E-state index in [0.717, 1.165) is 39.0 Å². The molecule has 0 unspecified atom stereocenters. The maximum atomic E-state index is 12.5. The van der Waals surface area contributed by atoms with E-state index in [-0.39, 0.29) is 6.54 Å². The summed E-state index contributed by atoms with van der Waals surface area (Å²) in [4.78, 5) is 21.0. The smallest absolute Gasteiger partial charge is 0.240 e. The summed E-state index contributed by atoms with van der Waals surface area (Å²) in [6, 6.07) is 0. The summed E-state index contributed by atoms with van der Waals surface area (Å²) in [5, 5.41) is 3.95. The maximum absolute atomic E-state index is 12.5. The van der Waals surface area contributed by atoms with Crippen LogP contribution in [0.5, 0.6) is 0 Å². The van der Waals surface area contributed by atoms with E-state index in [4.69, 9.17) is 10.3 Å². The Kier molecular flexibility index (Phi) is 5.61. The van der Waals surface area contributed by atoms with Crippen molar-refractivity contribution in [1.82, 2.24) is 19.9 Å². The second-order valence-electron chi connectivity index (χ2n) is 6.67. The van der Waals surface area contributed by atoms with Crippen LogP contribution in [-0.4, -0.2) is 52.0 Å². The lowest BCUT2D eigenvalue weighted by molar-refractivity contribution is -0.132. The Hall–Kier alpha value is -1.47. The number of nitrogens with zero attached hydrogens (tertiary/aromatic N) is 4. The molecule has 2 heterocycles. The van der Waals surface area contributed by atoms with Gasteiger partial charge in [0, 0.05) is 32.6 Å². The van der Waals surface area contributed by atoms with Gasteiger partial charge in [-0.3, -0.25) is 9.69 Å².